The molecule has 0 spiro atoms. The molecule has 18 heavy (non-hydrogen) atoms. The van der Waals surface area contributed by atoms with E-state index in [9.17, 15) is 4.79 Å². The highest BCUT2D eigenvalue weighted by atomic mass is 16.2. The van der Waals surface area contributed by atoms with Crippen LogP contribution in [0.3, 0.4) is 0 Å². The van der Waals surface area contributed by atoms with Crippen LogP contribution >= 0.6 is 0 Å². The van der Waals surface area contributed by atoms with Crippen molar-refractivity contribution in [1.29, 1.82) is 0 Å². The van der Waals surface area contributed by atoms with Crippen molar-refractivity contribution in [3.05, 3.63) is 0 Å². The molecule has 1 aliphatic heterocycles. The normalized spacial score (nSPS) is 28.8. The first-order chi connectivity index (χ1) is 8.83. The van der Waals surface area contributed by atoms with Crippen LogP contribution < -0.4 is 5.32 Å². The number of hydrogen-bond donors (Lipinski definition) is 1. The van der Waals surface area contributed by atoms with Crippen molar-refractivity contribution < 1.29 is 4.79 Å². The fourth-order valence-electron chi connectivity index (χ4n) is 3.22. The van der Waals surface area contributed by atoms with Crippen LogP contribution in [0.1, 0.15) is 57.8 Å². The Morgan fingerprint density at radius 3 is 2.44 bits per heavy atom. The molecule has 3 heteroatoms. The molecule has 1 saturated heterocycles. The first-order valence-electron chi connectivity index (χ1n) is 7.86. The highest BCUT2D eigenvalue weighted by molar-refractivity contribution is 5.77. The van der Waals surface area contributed by atoms with Crippen LogP contribution in [0.5, 0.6) is 0 Å². The summed E-state index contributed by atoms with van der Waals surface area (Å²) in [6, 6.07) is 1.14. The second-order valence-corrected chi connectivity index (χ2v) is 6.43. The summed E-state index contributed by atoms with van der Waals surface area (Å²) >= 11 is 0. The number of nitrogens with one attached hydrogen (secondary N) is 1. The summed E-state index contributed by atoms with van der Waals surface area (Å²) in [5, 5.41) is 3.57. The van der Waals surface area contributed by atoms with Gasteiger partial charge in [0.2, 0.25) is 5.91 Å². The number of piperidine rings is 1. The molecule has 102 valence electrons. The second-order valence-electron chi connectivity index (χ2n) is 6.43. The average Bonchev–Trinajstić information content (AvgIpc) is 3.16. The maximum absolute atomic E-state index is 12.4. The van der Waals surface area contributed by atoms with Crippen LogP contribution in [0, 0.1) is 5.92 Å². The molecule has 0 aromatic heterocycles. The van der Waals surface area contributed by atoms with Crippen molar-refractivity contribution in [2.75, 3.05) is 13.1 Å². The van der Waals surface area contributed by atoms with Crippen LogP contribution in [0.15, 0.2) is 0 Å². The third kappa shape index (κ3) is 3.05. The first-order valence-corrected chi connectivity index (χ1v) is 7.86. The van der Waals surface area contributed by atoms with Crippen molar-refractivity contribution in [2.24, 2.45) is 5.92 Å². The maximum atomic E-state index is 12.4. The van der Waals surface area contributed by atoms with E-state index in [1.807, 2.05) is 0 Å². The fraction of sp³-hybridized carbons (Fsp3) is 0.933. The van der Waals surface area contributed by atoms with Gasteiger partial charge in [0.25, 0.3) is 0 Å². The summed E-state index contributed by atoms with van der Waals surface area (Å²) in [5.74, 6) is 1.15. The minimum Gasteiger partial charge on any atom is -0.338 e. The Hall–Kier alpha value is -0.570. The zero-order chi connectivity index (χ0) is 12.4. The SMILES string of the molecule is O=C(CC1CCC1)N(CC1CCCCN1)C1CC1. The lowest BCUT2D eigenvalue weighted by molar-refractivity contribution is -0.133. The summed E-state index contributed by atoms with van der Waals surface area (Å²) in [4.78, 5) is 14.6. The molecular weight excluding hydrogens is 224 g/mol. The highest BCUT2D eigenvalue weighted by Gasteiger charge is 2.35. The highest BCUT2D eigenvalue weighted by Crippen LogP contribution is 2.33. The number of hydrogen-bond acceptors (Lipinski definition) is 2. The van der Waals surface area contributed by atoms with Crippen LogP contribution in [0.2, 0.25) is 0 Å². The quantitative estimate of drug-likeness (QED) is 0.812. The van der Waals surface area contributed by atoms with Gasteiger partial charge in [-0.25, -0.2) is 0 Å². The Balaban J connectivity index is 1.51. The molecule has 1 amide bonds. The number of carbonyl (C=O) groups is 1. The lowest BCUT2D eigenvalue weighted by Gasteiger charge is -2.33. The zero-order valence-electron chi connectivity index (χ0n) is 11.4. The second kappa shape index (κ2) is 5.60. The monoisotopic (exact) mass is 250 g/mol. The minimum atomic E-state index is 0.439. The molecule has 1 heterocycles. The van der Waals surface area contributed by atoms with E-state index in [-0.39, 0.29) is 0 Å². The predicted octanol–water partition coefficient (Wildman–Crippen LogP) is 2.31. The van der Waals surface area contributed by atoms with Gasteiger partial charge in [0.05, 0.1) is 0 Å². The minimum absolute atomic E-state index is 0.439. The first kappa shape index (κ1) is 12.5. The summed E-state index contributed by atoms with van der Waals surface area (Å²) in [7, 11) is 0. The van der Waals surface area contributed by atoms with E-state index in [4.69, 9.17) is 0 Å². The van der Waals surface area contributed by atoms with Gasteiger partial charge in [-0.15, -0.1) is 0 Å². The molecule has 0 aromatic carbocycles. The van der Waals surface area contributed by atoms with Crippen molar-refractivity contribution in [1.82, 2.24) is 10.2 Å². The zero-order valence-corrected chi connectivity index (χ0v) is 11.4. The van der Waals surface area contributed by atoms with E-state index in [1.54, 1.807) is 0 Å². The average molecular weight is 250 g/mol. The number of amides is 1. The molecular formula is C15H26N2O. The largest absolute Gasteiger partial charge is 0.338 e. The van der Waals surface area contributed by atoms with Crippen LogP contribution in [-0.4, -0.2) is 36.0 Å². The lowest BCUT2D eigenvalue weighted by Crippen LogP contribution is -2.47. The van der Waals surface area contributed by atoms with Gasteiger partial charge in [-0.2, -0.15) is 0 Å². The molecule has 3 nitrogen and oxygen atoms in total. The lowest BCUT2D eigenvalue weighted by atomic mass is 9.82. The van der Waals surface area contributed by atoms with E-state index in [2.05, 4.69) is 10.2 Å². The van der Waals surface area contributed by atoms with Crippen LogP contribution in [-0.2, 0) is 4.79 Å². The Morgan fingerprint density at radius 1 is 1.06 bits per heavy atom. The molecule has 3 rings (SSSR count). The molecule has 1 atom stereocenters. The van der Waals surface area contributed by atoms with Gasteiger partial charge in [-0.1, -0.05) is 12.8 Å². The van der Waals surface area contributed by atoms with E-state index in [0.717, 1.165) is 19.5 Å². The third-order valence-electron chi connectivity index (χ3n) is 4.83. The van der Waals surface area contributed by atoms with Gasteiger partial charge < -0.3 is 10.2 Å². The summed E-state index contributed by atoms with van der Waals surface area (Å²) in [6.45, 7) is 2.11. The van der Waals surface area contributed by atoms with E-state index in [0.29, 0.717) is 23.9 Å². The van der Waals surface area contributed by atoms with Gasteiger partial charge in [-0.05, 0) is 51.0 Å². The molecule has 1 N–H and O–H groups in total. The van der Waals surface area contributed by atoms with Gasteiger partial charge in [0.1, 0.15) is 0 Å². The molecule has 3 aliphatic rings. The topological polar surface area (TPSA) is 32.3 Å². The van der Waals surface area contributed by atoms with Crippen molar-refractivity contribution >= 4 is 5.91 Å². The third-order valence-corrected chi connectivity index (χ3v) is 4.83. The van der Waals surface area contributed by atoms with Crippen molar-refractivity contribution in [3.63, 3.8) is 0 Å². The Morgan fingerprint density at radius 2 is 1.89 bits per heavy atom. The van der Waals surface area contributed by atoms with E-state index in [1.165, 1.54) is 51.4 Å². The summed E-state index contributed by atoms with van der Waals surface area (Å²) in [6.07, 6.45) is 11.1. The van der Waals surface area contributed by atoms with Gasteiger partial charge in [0, 0.05) is 25.0 Å². The van der Waals surface area contributed by atoms with Gasteiger partial charge >= 0.3 is 0 Å². The standard InChI is InChI=1S/C15H26N2O/c18-15(10-12-4-3-5-12)17(14-7-8-14)11-13-6-1-2-9-16-13/h12-14,16H,1-11H2. The Kier molecular flexibility index (Phi) is 3.88. The van der Waals surface area contributed by atoms with Gasteiger partial charge in [0.15, 0.2) is 0 Å². The fourth-order valence-corrected chi connectivity index (χ4v) is 3.22. The van der Waals surface area contributed by atoms with Crippen molar-refractivity contribution in [2.45, 2.75) is 69.9 Å². The maximum Gasteiger partial charge on any atom is 0.223 e. The number of nitrogens with zero attached hydrogens (tertiary/aromatic N) is 1. The molecule has 0 bridgehead atoms. The number of carbonyl (C=O) groups excluding carboxylic acids is 1. The Labute approximate surface area is 110 Å². The molecule has 3 fully saturated rings. The number of rotatable bonds is 5. The molecule has 0 aromatic rings. The summed E-state index contributed by atoms with van der Waals surface area (Å²) in [5.41, 5.74) is 0. The summed E-state index contributed by atoms with van der Waals surface area (Å²) < 4.78 is 0. The Bertz CT molecular complexity index is 291. The van der Waals surface area contributed by atoms with Gasteiger partial charge in [-0.3, -0.25) is 4.79 Å². The van der Waals surface area contributed by atoms with Crippen molar-refractivity contribution in [3.8, 4) is 0 Å². The molecule has 2 aliphatic carbocycles. The van der Waals surface area contributed by atoms with E-state index >= 15 is 0 Å². The van der Waals surface area contributed by atoms with Crippen LogP contribution in [0.4, 0.5) is 0 Å². The molecule has 2 saturated carbocycles. The predicted molar refractivity (Wildman–Crippen MR) is 72.3 cm³/mol. The van der Waals surface area contributed by atoms with Crippen LogP contribution in [0.25, 0.3) is 0 Å². The molecule has 1 unspecified atom stereocenters. The van der Waals surface area contributed by atoms with E-state index < -0.39 is 0 Å². The smallest absolute Gasteiger partial charge is 0.223 e. The molecule has 0 radical (unpaired) electrons.